The summed E-state index contributed by atoms with van der Waals surface area (Å²) < 4.78 is 11.3. The van der Waals surface area contributed by atoms with E-state index in [1.807, 2.05) is 50.2 Å². The molecule has 1 amide bonds. The number of aryl methyl sites for hydroxylation is 1. The molecule has 0 fully saturated rings. The summed E-state index contributed by atoms with van der Waals surface area (Å²) in [7, 11) is 2.44. The van der Waals surface area contributed by atoms with Crippen molar-refractivity contribution in [1.29, 1.82) is 0 Å². The molecule has 7 heteroatoms. The standard InChI is InChI=1S/C21H24N2O5/c1-15-12-17(16(2)23(15)18-8-6-5-7-9-18)10-11-19(24)22(13-20(25)27-3)14-21(26)28-4/h5-12H,13-14H2,1-4H3/b11-10+. The Morgan fingerprint density at radius 2 is 1.57 bits per heavy atom. The summed E-state index contributed by atoms with van der Waals surface area (Å²) in [5.74, 6) is -1.72. The van der Waals surface area contributed by atoms with E-state index in [9.17, 15) is 14.4 Å². The van der Waals surface area contributed by atoms with Crippen LogP contribution in [0.15, 0.2) is 42.5 Å². The molecule has 7 nitrogen and oxygen atoms in total. The van der Waals surface area contributed by atoms with Crippen LogP contribution in [0, 0.1) is 13.8 Å². The van der Waals surface area contributed by atoms with E-state index in [1.54, 1.807) is 6.08 Å². The van der Waals surface area contributed by atoms with Gasteiger partial charge in [-0.15, -0.1) is 0 Å². The molecule has 0 atom stereocenters. The number of amides is 1. The molecule has 0 radical (unpaired) electrons. The third-order valence-corrected chi connectivity index (χ3v) is 4.30. The topological polar surface area (TPSA) is 77.8 Å². The van der Waals surface area contributed by atoms with Gasteiger partial charge in [0.05, 0.1) is 14.2 Å². The molecule has 0 saturated carbocycles. The molecule has 0 aliphatic carbocycles. The van der Waals surface area contributed by atoms with Crippen LogP contribution in [0.5, 0.6) is 0 Å². The predicted octanol–water partition coefficient (Wildman–Crippen LogP) is 2.28. The van der Waals surface area contributed by atoms with Gasteiger partial charge in [-0.2, -0.15) is 0 Å². The molecule has 148 valence electrons. The Bertz CT molecular complexity index is 866. The summed E-state index contributed by atoms with van der Waals surface area (Å²) >= 11 is 0. The first-order valence-electron chi connectivity index (χ1n) is 8.72. The summed E-state index contributed by atoms with van der Waals surface area (Å²) in [5.41, 5.74) is 3.89. The summed E-state index contributed by atoms with van der Waals surface area (Å²) in [6.07, 6.45) is 3.01. The van der Waals surface area contributed by atoms with Gasteiger partial charge in [0.25, 0.3) is 0 Å². The molecule has 1 aromatic carbocycles. The fourth-order valence-corrected chi connectivity index (χ4v) is 2.85. The fourth-order valence-electron chi connectivity index (χ4n) is 2.85. The van der Waals surface area contributed by atoms with Crippen LogP contribution in [-0.2, 0) is 23.9 Å². The maximum Gasteiger partial charge on any atom is 0.325 e. The minimum Gasteiger partial charge on any atom is -0.468 e. The molecule has 0 N–H and O–H groups in total. The minimum atomic E-state index is -0.618. The Morgan fingerprint density at radius 1 is 1.00 bits per heavy atom. The highest BCUT2D eigenvalue weighted by Crippen LogP contribution is 2.21. The third-order valence-electron chi connectivity index (χ3n) is 4.30. The van der Waals surface area contributed by atoms with E-state index in [-0.39, 0.29) is 13.1 Å². The van der Waals surface area contributed by atoms with Gasteiger partial charge in [-0.25, -0.2) is 0 Å². The van der Waals surface area contributed by atoms with Crippen LogP contribution in [-0.4, -0.2) is 54.6 Å². The molecule has 0 saturated heterocycles. The number of carbonyl (C=O) groups is 3. The zero-order chi connectivity index (χ0) is 20.7. The molecule has 0 unspecified atom stereocenters. The molecule has 0 aliphatic rings. The van der Waals surface area contributed by atoms with Crippen molar-refractivity contribution in [2.24, 2.45) is 0 Å². The van der Waals surface area contributed by atoms with E-state index in [0.717, 1.165) is 27.5 Å². The molecule has 0 bridgehead atoms. The molecule has 2 rings (SSSR count). The molecular formula is C21H24N2O5. The zero-order valence-electron chi connectivity index (χ0n) is 16.5. The number of rotatable bonds is 7. The lowest BCUT2D eigenvalue weighted by Crippen LogP contribution is -2.39. The quantitative estimate of drug-likeness (QED) is 0.541. The van der Waals surface area contributed by atoms with Crippen LogP contribution in [0.4, 0.5) is 0 Å². The number of carbonyl (C=O) groups excluding carboxylic acids is 3. The summed E-state index contributed by atoms with van der Waals surface area (Å²) in [6, 6.07) is 11.9. The number of aromatic nitrogens is 1. The Balaban J connectivity index is 2.24. The van der Waals surface area contributed by atoms with Gasteiger partial charge >= 0.3 is 11.9 Å². The van der Waals surface area contributed by atoms with Gasteiger partial charge < -0.3 is 18.9 Å². The van der Waals surface area contributed by atoms with Gasteiger partial charge in [0.15, 0.2) is 0 Å². The monoisotopic (exact) mass is 384 g/mol. The van der Waals surface area contributed by atoms with Gasteiger partial charge in [-0.1, -0.05) is 18.2 Å². The minimum absolute atomic E-state index is 0.336. The lowest BCUT2D eigenvalue weighted by Gasteiger charge is -2.18. The largest absolute Gasteiger partial charge is 0.468 e. The van der Waals surface area contributed by atoms with E-state index in [2.05, 4.69) is 14.0 Å². The first-order chi connectivity index (χ1) is 13.4. The highest BCUT2D eigenvalue weighted by molar-refractivity contribution is 5.95. The van der Waals surface area contributed by atoms with E-state index in [0.29, 0.717) is 0 Å². The lowest BCUT2D eigenvalue weighted by atomic mass is 10.2. The summed E-state index contributed by atoms with van der Waals surface area (Å²) in [6.45, 7) is 3.28. The average molecular weight is 384 g/mol. The highest BCUT2D eigenvalue weighted by atomic mass is 16.5. The highest BCUT2D eigenvalue weighted by Gasteiger charge is 2.19. The molecule has 2 aromatic rings. The lowest BCUT2D eigenvalue weighted by molar-refractivity contribution is -0.150. The normalized spacial score (nSPS) is 10.7. The molecule has 28 heavy (non-hydrogen) atoms. The van der Waals surface area contributed by atoms with Crippen molar-refractivity contribution >= 4 is 23.9 Å². The van der Waals surface area contributed by atoms with E-state index >= 15 is 0 Å². The maximum absolute atomic E-state index is 12.5. The molecule has 0 aliphatic heterocycles. The number of nitrogens with zero attached hydrogens (tertiary/aromatic N) is 2. The van der Waals surface area contributed by atoms with Crippen molar-refractivity contribution in [2.45, 2.75) is 13.8 Å². The molecule has 0 spiro atoms. The Morgan fingerprint density at radius 3 is 2.11 bits per heavy atom. The van der Waals surface area contributed by atoms with Crippen molar-refractivity contribution in [1.82, 2.24) is 9.47 Å². The number of hydrogen-bond acceptors (Lipinski definition) is 5. The van der Waals surface area contributed by atoms with E-state index in [1.165, 1.54) is 20.3 Å². The second-order valence-corrected chi connectivity index (χ2v) is 6.18. The fraction of sp³-hybridized carbons (Fsp3) is 0.286. The zero-order valence-corrected chi connectivity index (χ0v) is 16.5. The van der Waals surface area contributed by atoms with Gasteiger partial charge in [0.1, 0.15) is 13.1 Å². The van der Waals surface area contributed by atoms with Crippen molar-refractivity contribution in [3.63, 3.8) is 0 Å². The first-order valence-corrected chi connectivity index (χ1v) is 8.72. The number of hydrogen-bond donors (Lipinski definition) is 0. The van der Waals surface area contributed by atoms with Crippen LogP contribution in [0.2, 0.25) is 0 Å². The number of methoxy groups -OCH3 is 2. The van der Waals surface area contributed by atoms with Crippen LogP contribution in [0.3, 0.4) is 0 Å². The number of para-hydroxylation sites is 1. The average Bonchev–Trinajstić information content (AvgIpc) is 2.99. The van der Waals surface area contributed by atoms with E-state index in [4.69, 9.17) is 0 Å². The second-order valence-electron chi connectivity index (χ2n) is 6.18. The van der Waals surface area contributed by atoms with E-state index < -0.39 is 17.8 Å². The van der Waals surface area contributed by atoms with Gasteiger partial charge in [0, 0.05) is 23.2 Å². The summed E-state index contributed by atoms with van der Waals surface area (Å²) in [4.78, 5) is 36.7. The second kappa shape index (κ2) is 9.55. The van der Waals surface area contributed by atoms with Gasteiger partial charge in [-0.05, 0) is 43.7 Å². The SMILES string of the molecule is COC(=O)CN(CC(=O)OC)C(=O)/C=C/c1cc(C)n(-c2ccccc2)c1C. The predicted molar refractivity (Wildman–Crippen MR) is 105 cm³/mol. The summed E-state index contributed by atoms with van der Waals surface area (Å²) in [5, 5.41) is 0. The van der Waals surface area contributed by atoms with Crippen LogP contribution >= 0.6 is 0 Å². The first kappa shape index (κ1) is 21.0. The van der Waals surface area contributed by atoms with Crippen molar-refractivity contribution in [3.05, 3.63) is 59.4 Å². The number of benzene rings is 1. The third kappa shape index (κ3) is 5.09. The van der Waals surface area contributed by atoms with Crippen molar-refractivity contribution in [2.75, 3.05) is 27.3 Å². The smallest absolute Gasteiger partial charge is 0.325 e. The Kier molecular flexibility index (Phi) is 7.14. The van der Waals surface area contributed by atoms with Crippen LogP contribution < -0.4 is 0 Å². The molecular weight excluding hydrogens is 360 g/mol. The van der Waals surface area contributed by atoms with Crippen LogP contribution in [0.1, 0.15) is 17.0 Å². The Hall–Kier alpha value is -3.35. The van der Waals surface area contributed by atoms with Crippen molar-refractivity contribution < 1.29 is 23.9 Å². The number of esters is 2. The molecule has 1 heterocycles. The molecule has 1 aromatic heterocycles. The maximum atomic E-state index is 12.5. The van der Waals surface area contributed by atoms with Gasteiger partial charge in [0.2, 0.25) is 5.91 Å². The number of ether oxygens (including phenoxy) is 2. The Labute approximate surface area is 164 Å². The van der Waals surface area contributed by atoms with Gasteiger partial charge in [-0.3, -0.25) is 14.4 Å². The van der Waals surface area contributed by atoms with Crippen LogP contribution in [0.25, 0.3) is 11.8 Å². The van der Waals surface area contributed by atoms with Crippen molar-refractivity contribution in [3.8, 4) is 5.69 Å².